The highest BCUT2D eigenvalue weighted by Gasteiger charge is 2.31. The van der Waals surface area contributed by atoms with Crippen molar-refractivity contribution in [1.29, 1.82) is 0 Å². The zero-order chi connectivity index (χ0) is 13.2. The summed E-state index contributed by atoms with van der Waals surface area (Å²) in [4.78, 5) is 14.3. The minimum Gasteiger partial charge on any atom is -0.351 e. The summed E-state index contributed by atoms with van der Waals surface area (Å²) in [5.41, 5.74) is 1.72. The quantitative estimate of drug-likeness (QED) is 0.847. The number of aryl methyl sites for hydroxylation is 1. The van der Waals surface area contributed by atoms with E-state index in [2.05, 4.69) is 34.3 Å². The summed E-state index contributed by atoms with van der Waals surface area (Å²) in [7, 11) is 0. The van der Waals surface area contributed by atoms with Crippen molar-refractivity contribution in [3.8, 4) is 0 Å². The number of aromatic nitrogens is 2. The average Bonchev–Trinajstić information content (AvgIpc) is 2.85. The summed E-state index contributed by atoms with van der Waals surface area (Å²) >= 11 is 0. The van der Waals surface area contributed by atoms with Crippen LogP contribution in [0.4, 0.5) is 0 Å². The lowest BCUT2D eigenvalue weighted by atomic mass is 10.0. The van der Waals surface area contributed by atoms with Crippen LogP contribution in [0, 0.1) is 6.92 Å². The molecule has 5 heteroatoms. The van der Waals surface area contributed by atoms with Gasteiger partial charge in [0.2, 0.25) is 0 Å². The molecule has 0 unspecified atom stereocenters. The van der Waals surface area contributed by atoms with Crippen molar-refractivity contribution in [2.24, 2.45) is 0 Å². The second kappa shape index (κ2) is 5.10. The van der Waals surface area contributed by atoms with E-state index in [1.807, 2.05) is 6.92 Å². The van der Waals surface area contributed by atoms with Crippen LogP contribution < -0.4 is 5.32 Å². The van der Waals surface area contributed by atoms with Crippen LogP contribution in [-0.2, 0) is 0 Å². The van der Waals surface area contributed by atoms with Crippen molar-refractivity contribution in [2.75, 3.05) is 19.6 Å². The molecule has 0 aliphatic carbocycles. The van der Waals surface area contributed by atoms with Crippen molar-refractivity contribution in [2.45, 2.75) is 39.2 Å². The van der Waals surface area contributed by atoms with Crippen LogP contribution in [0.15, 0.2) is 6.20 Å². The molecule has 0 saturated carbocycles. The molecule has 2 N–H and O–H groups in total. The fraction of sp³-hybridized carbons (Fsp3) is 0.692. The van der Waals surface area contributed by atoms with Gasteiger partial charge < -0.3 is 5.32 Å². The van der Waals surface area contributed by atoms with Gasteiger partial charge in [-0.1, -0.05) is 0 Å². The SMILES string of the molecule is Cc1[nH]ncc1C(=O)NCCN1CCCC1(C)C. The molecular formula is C13H22N4O. The third-order valence-electron chi connectivity index (χ3n) is 3.81. The number of hydrogen-bond acceptors (Lipinski definition) is 3. The van der Waals surface area contributed by atoms with Crippen molar-refractivity contribution in [3.05, 3.63) is 17.5 Å². The Balaban J connectivity index is 1.79. The first-order chi connectivity index (χ1) is 8.50. The summed E-state index contributed by atoms with van der Waals surface area (Å²) in [6, 6.07) is 0. The van der Waals surface area contributed by atoms with Gasteiger partial charge in [0.05, 0.1) is 11.8 Å². The molecular weight excluding hydrogens is 228 g/mol. The van der Waals surface area contributed by atoms with Crippen molar-refractivity contribution >= 4 is 5.91 Å². The fourth-order valence-corrected chi connectivity index (χ4v) is 2.56. The topological polar surface area (TPSA) is 61.0 Å². The Kier molecular flexibility index (Phi) is 3.71. The molecule has 0 bridgehead atoms. The minimum atomic E-state index is -0.0433. The molecule has 2 heterocycles. The van der Waals surface area contributed by atoms with Crippen LogP contribution in [0.3, 0.4) is 0 Å². The van der Waals surface area contributed by atoms with Crippen LogP contribution in [0.2, 0.25) is 0 Å². The van der Waals surface area contributed by atoms with E-state index in [0.717, 1.165) is 18.8 Å². The van der Waals surface area contributed by atoms with E-state index in [9.17, 15) is 4.79 Å². The Labute approximate surface area is 108 Å². The molecule has 100 valence electrons. The second-order valence-corrected chi connectivity index (χ2v) is 5.57. The lowest BCUT2D eigenvalue weighted by Gasteiger charge is -2.31. The molecule has 1 aromatic heterocycles. The number of carbonyl (C=O) groups excluding carboxylic acids is 1. The number of carbonyl (C=O) groups is 1. The molecule has 0 aromatic carbocycles. The summed E-state index contributed by atoms with van der Waals surface area (Å²) in [5, 5.41) is 9.58. The molecule has 1 aliphatic heterocycles. The number of rotatable bonds is 4. The number of amides is 1. The summed E-state index contributed by atoms with van der Waals surface area (Å²) in [6.45, 7) is 9.12. The van der Waals surface area contributed by atoms with Gasteiger partial charge in [-0.05, 0) is 40.2 Å². The molecule has 0 spiro atoms. The Morgan fingerprint density at radius 3 is 2.94 bits per heavy atom. The first kappa shape index (κ1) is 13.1. The lowest BCUT2D eigenvalue weighted by Crippen LogP contribution is -2.43. The van der Waals surface area contributed by atoms with Gasteiger partial charge in [-0.3, -0.25) is 14.8 Å². The molecule has 1 aromatic rings. The molecule has 18 heavy (non-hydrogen) atoms. The van der Waals surface area contributed by atoms with Gasteiger partial charge in [0.25, 0.3) is 5.91 Å². The zero-order valence-electron chi connectivity index (χ0n) is 11.4. The van der Waals surface area contributed by atoms with Gasteiger partial charge in [0.1, 0.15) is 0 Å². The molecule has 1 amide bonds. The van der Waals surface area contributed by atoms with Crippen LogP contribution in [0.1, 0.15) is 42.7 Å². The van der Waals surface area contributed by atoms with E-state index in [4.69, 9.17) is 0 Å². The maximum atomic E-state index is 11.9. The summed E-state index contributed by atoms with van der Waals surface area (Å²) in [6.07, 6.45) is 4.06. The first-order valence-electron chi connectivity index (χ1n) is 6.54. The molecule has 1 aliphatic rings. The summed E-state index contributed by atoms with van der Waals surface area (Å²) < 4.78 is 0. The van der Waals surface area contributed by atoms with Crippen LogP contribution >= 0.6 is 0 Å². The fourth-order valence-electron chi connectivity index (χ4n) is 2.56. The Hall–Kier alpha value is -1.36. The lowest BCUT2D eigenvalue weighted by molar-refractivity contribution is 0.0939. The van der Waals surface area contributed by atoms with E-state index in [1.165, 1.54) is 12.8 Å². The number of nitrogens with zero attached hydrogens (tertiary/aromatic N) is 2. The van der Waals surface area contributed by atoms with E-state index in [1.54, 1.807) is 6.20 Å². The second-order valence-electron chi connectivity index (χ2n) is 5.57. The van der Waals surface area contributed by atoms with Crippen LogP contribution in [-0.4, -0.2) is 46.2 Å². The van der Waals surface area contributed by atoms with Crippen molar-refractivity contribution < 1.29 is 4.79 Å². The number of likely N-dealkylation sites (tertiary alicyclic amines) is 1. The van der Waals surface area contributed by atoms with Crippen molar-refractivity contribution in [1.82, 2.24) is 20.4 Å². The van der Waals surface area contributed by atoms with E-state index in [0.29, 0.717) is 12.1 Å². The highest BCUT2D eigenvalue weighted by molar-refractivity contribution is 5.94. The predicted octanol–water partition coefficient (Wildman–Crippen LogP) is 1.32. The number of nitrogens with one attached hydrogen (secondary N) is 2. The van der Waals surface area contributed by atoms with Gasteiger partial charge in [-0.15, -0.1) is 0 Å². The number of aromatic amines is 1. The molecule has 2 rings (SSSR count). The summed E-state index contributed by atoms with van der Waals surface area (Å²) in [5.74, 6) is -0.0433. The normalized spacial score (nSPS) is 19.1. The molecule has 1 saturated heterocycles. The Bertz CT molecular complexity index is 424. The smallest absolute Gasteiger partial charge is 0.254 e. The number of H-pyrrole nitrogens is 1. The molecule has 0 radical (unpaired) electrons. The van der Waals surface area contributed by atoms with Gasteiger partial charge in [0.15, 0.2) is 0 Å². The van der Waals surface area contributed by atoms with Gasteiger partial charge >= 0.3 is 0 Å². The highest BCUT2D eigenvalue weighted by atomic mass is 16.1. The maximum Gasteiger partial charge on any atom is 0.254 e. The molecule has 0 atom stereocenters. The minimum absolute atomic E-state index is 0.0433. The molecule has 5 nitrogen and oxygen atoms in total. The Morgan fingerprint density at radius 1 is 1.61 bits per heavy atom. The van der Waals surface area contributed by atoms with E-state index in [-0.39, 0.29) is 11.4 Å². The zero-order valence-corrected chi connectivity index (χ0v) is 11.4. The van der Waals surface area contributed by atoms with E-state index < -0.39 is 0 Å². The van der Waals surface area contributed by atoms with Gasteiger partial charge in [-0.2, -0.15) is 5.10 Å². The highest BCUT2D eigenvalue weighted by Crippen LogP contribution is 2.27. The van der Waals surface area contributed by atoms with E-state index >= 15 is 0 Å². The third kappa shape index (κ3) is 2.72. The van der Waals surface area contributed by atoms with Gasteiger partial charge in [0, 0.05) is 24.3 Å². The third-order valence-corrected chi connectivity index (χ3v) is 3.81. The predicted molar refractivity (Wildman–Crippen MR) is 70.5 cm³/mol. The van der Waals surface area contributed by atoms with Crippen LogP contribution in [0.5, 0.6) is 0 Å². The maximum absolute atomic E-state index is 11.9. The van der Waals surface area contributed by atoms with Crippen molar-refractivity contribution in [3.63, 3.8) is 0 Å². The Morgan fingerprint density at radius 2 is 2.39 bits per heavy atom. The largest absolute Gasteiger partial charge is 0.351 e. The standard InChI is InChI=1S/C13H22N4O/c1-10-11(9-15-16-10)12(18)14-6-8-17-7-4-5-13(17,2)3/h9H,4-8H2,1-3H3,(H,14,18)(H,15,16). The average molecular weight is 250 g/mol. The monoisotopic (exact) mass is 250 g/mol. The first-order valence-corrected chi connectivity index (χ1v) is 6.54. The molecule has 1 fully saturated rings. The van der Waals surface area contributed by atoms with Gasteiger partial charge in [-0.25, -0.2) is 0 Å². The number of hydrogen-bond donors (Lipinski definition) is 2. The van der Waals surface area contributed by atoms with Crippen LogP contribution in [0.25, 0.3) is 0 Å².